The van der Waals surface area contributed by atoms with E-state index < -0.39 is 0 Å². The van der Waals surface area contributed by atoms with Crippen molar-refractivity contribution in [3.8, 4) is 0 Å². The minimum Gasteiger partial charge on any atom is -0.357 e. The van der Waals surface area contributed by atoms with Crippen LogP contribution in [0.5, 0.6) is 0 Å². The van der Waals surface area contributed by atoms with Crippen LogP contribution >= 0.6 is 0 Å². The molecule has 2 rings (SSSR count). The molecular weight excluding hydrogens is 284 g/mol. The van der Waals surface area contributed by atoms with E-state index in [1.54, 1.807) is 0 Å². The molecule has 4 nitrogen and oxygen atoms in total. The van der Waals surface area contributed by atoms with Crippen molar-refractivity contribution in [2.45, 2.75) is 59.2 Å². The summed E-state index contributed by atoms with van der Waals surface area (Å²) in [6.07, 6.45) is 4.09. The van der Waals surface area contributed by atoms with Gasteiger partial charge in [0.2, 0.25) is 0 Å². The molecular formula is C19H32N4. The molecule has 0 spiro atoms. The molecule has 1 fully saturated rings. The Hall–Kier alpha value is -1.55. The van der Waals surface area contributed by atoms with Crippen LogP contribution in [0.4, 0.5) is 0 Å². The normalized spacial score (nSPS) is 16.6. The van der Waals surface area contributed by atoms with Crippen LogP contribution in [0.2, 0.25) is 0 Å². The van der Waals surface area contributed by atoms with Crippen molar-refractivity contribution in [1.29, 1.82) is 0 Å². The lowest BCUT2D eigenvalue weighted by molar-refractivity contribution is 0.221. The van der Waals surface area contributed by atoms with E-state index in [0.717, 1.165) is 19.0 Å². The minimum absolute atomic E-state index is 0.389. The predicted molar refractivity (Wildman–Crippen MR) is 98.7 cm³/mol. The van der Waals surface area contributed by atoms with Gasteiger partial charge in [0, 0.05) is 19.1 Å². The minimum atomic E-state index is 0.389. The molecule has 0 aliphatic carbocycles. The summed E-state index contributed by atoms with van der Waals surface area (Å²) in [5, 5.41) is 6.63. The fourth-order valence-corrected chi connectivity index (χ4v) is 2.89. The lowest BCUT2D eigenvalue weighted by Gasteiger charge is -2.26. The number of guanidine groups is 1. The fourth-order valence-electron chi connectivity index (χ4n) is 2.89. The zero-order valence-electron chi connectivity index (χ0n) is 14.9. The van der Waals surface area contributed by atoms with Crippen LogP contribution in [0, 0.1) is 0 Å². The topological polar surface area (TPSA) is 39.7 Å². The van der Waals surface area contributed by atoms with Crippen LogP contribution in [-0.2, 0) is 13.1 Å². The van der Waals surface area contributed by atoms with E-state index in [0.29, 0.717) is 12.6 Å². The molecule has 0 radical (unpaired) electrons. The third kappa shape index (κ3) is 6.61. The Balaban J connectivity index is 1.87. The molecule has 0 aromatic heterocycles. The number of hydrogen-bond acceptors (Lipinski definition) is 2. The van der Waals surface area contributed by atoms with Crippen molar-refractivity contribution in [2.75, 3.05) is 19.6 Å². The summed E-state index contributed by atoms with van der Waals surface area (Å²) in [6.45, 7) is 11.5. The third-order valence-electron chi connectivity index (χ3n) is 4.07. The molecule has 1 aliphatic rings. The molecule has 0 amide bonds. The van der Waals surface area contributed by atoms with E-state index in [2.05, 4.69) is 65.6 Å². The largest absolute Gasteiger partial charge is 0.357 e. The number of likely N-dealkylation sites (tertiary alicyclic amines) is 1. The van der Waals surface area contributed by atoms with E-state index in [-0.39, 0.29) is 0 Å². The molecule has 1 aromatic rings. The number of rotatable bonds is 6. The number of piperidine rings is 1. The molecule has 23 heavy (non-hydrogen) atoms. The average molecular weight is 316 g/mol. The maximum absolute atomic E-state index is 4.65. The fraction of sp³-hybridized carbons (Fsp3) is 0.632. The second kappa shape index (κ2) is 9.56. The van der Waals surface area contributed by atoms with Gasteiger partial charge in [0.05, 0.1) is 6.54 Å². The molecule has 2 N–H and O–H groups in total. The number of aliphatic imine (C=N–C) groups is 1. The molecule has 0 bridgehead atoms. The average Bonchev–Trinajstić information content (AvgIpc) is 2.55. The van der Waals surface area contributed by atoms with Crippen molar-refractivity contribution in [3.63, 3.8) is 0 Å². The van der Waals surface area contributed by atoms with Crippen molar-refractivity contribution in [1.82, 2.24) is 15.5 Å². The van der Waals surface area contributed by atoms with Crippen LogP contribution in [0.3, 0.4) is 0 Å². The lowest BCUT2D eigenvalue weighted by Crippen LogP contribution is -2.40. The van der Waals surface area contributed by atoms with Gasteiger partial charge < -0.3 is 10.6 Å². The van der Waals surface area contributed by atoms with Crippen LogP contribution in [0.15, 0.2) is 29.3 Å². The first-order valence-electron chi connectivity index (χ1n) is 9.02. The molecule has 0 unspecified atom stereocenters. The number of nitrogens with zero attached hydrogens (tertiary/aromatic N) is 2. The van der Waals surface area contributed by atoms with Crippen LogP contribution in [-0.4, -0.2) is 36.5 Å². The quantitative estimate of drug-likeness (QED) is 0.626. The van der Waals surface area contributed by atoms with Crippen molar-refractivity contribution >= 4 is 5.96 Å². The van der Waals surface area contributed by atoms with Gasteiger partial charge in [0.1, 0.15) is 0 Å². The van der Waals surface area contributed by atoms with Crippen LogP contribution in [0.25, 0.3) is 0 Å². The maximum Gasteiger partial charge on any atom is 0.191 e. The highest BCUT2D eigenvalue weighted by molar-refractivity contribution is 5.79. The summed E-state index contributed by atoms with van der Waals surface area (Å²) in [5.41, 5.74) is 2.67. The van der Waals surface area contributed by atoms with Crippen molar-refractivity contribution in [2.24, 2.45) is 4.99 Å². The molecule has 0 atom stereocenters. The second-order valence-corrected chi connectivity index (χ2v) is 6.65. The molecule has 1 saturated heterocycles. The Morgan fingerprint density at radius 1 is 1.09 bits per heavy atom. The first-order valence-corrected chi connectivity index (χ1v) is 9.02. The molecule has 128 valence electrons. The lowest BCUT2D eigenvalue weighted by atomic mass is 10.1. The van der Waals surface area contributed by atoms with Gasteiger partial charge in [-0.3, -0.25) is 4.90 Å². The van der Waals surface area contributed by atoms with E-state index in [1.807, 2.05) is 0 Å². The number of hydrogen-bond donors (Lipinski definition) is 2. The van der Waals surface area contributed by atoms with Gasteiger partial charge in [-0.1, -0.05) is 30.7 Å². The summed E-state index contributed by atoms with van der Waals surface area (Å²) in [6, 6.07) is 9.31. The van der Waals surface area contributed by atoms with E-state index in [1.165, 1.54) is 43.5 Å². The van der Waals surface area contributed by atoms with E-state index in [4.69, 9.17) is 0 Å². The summed E-state index contributed by atoms with van der Waals surface area (Å²) in [7, 11) is 0. The van der Waals surface area contributed by atoms with Gasteiger partial charge in [-0.05, 0) is 57.8 Å². The molecule has 1 aliphatic heterocycles. The SMILES string of the molecule is CCNC(=NCc1ccc(CN2CCCCC2)cc1)NC(C)C. The number of benzene rings is 1. The highest BCUT2D eigenvalue weighted by Crippen LogP contribution is 2.13. The van der Waals surface area contributed by atoms with Gasteiger partial charge in [-0.2, -0.15) is 0 Å². The molecule has 1 heterocycles. The van der Waals surface area contributed by atoms with Gasteiger partial charge in [0.25, 0.3) is 0 Å². The molecule has 0 saturated carbocycles. The zero-order chi connectivity index (χ0) is 16.5. The standard InChI is InChI=1S/C19H32N4/c1-4-20-19(22-16(2)3)21-14-17-8-10-18(11-9-17)15-23-12-6-5-7-13-23/h8-11,16H,4-7,12-15H2,1-3H3,(H2,20,21,22). The summed E-state index contributed by atoms with van der Waals surface area (Å²) < 4.78 is 0. The predicted octanol–water partition coefficient (Wildman–Crippen LogP) is 3.14. The first-order chi connectivity index (χ1) is 11.2. The Kier molecular flexibility index (Phi) is 7.40. The smallest absolute Gasteiger partial charge is 0.191 e. The Bertz CT molecular complexity index is 473. The molecule has 1 aromatic carbocycles. The third-order valence-corrected chi connectivity index (χ3v) is 4.07. The second-order valence-electron chi connectivity index (χ2n) is 6.65. The summed E-state index contributed by atoms with van der Waals surface area (Å²) in [5.74, 6) is 0.889. The van der Waals surface area contributed by atoms with E-state index in [9.17, 15) is 0 Å². The Labute approximate surface area is 141 Å². The Morgan fingerprint density at radius 2 is 1.74 bits per heavy atom. The molecule has 4 heteroatoms. The highest BCUT2D eigenvalue weighted by Gasteiger charge is 2.10. The zero-order valence-corrected chi connectivity index (χ0v) is 14.9. The Morgan fingerprint density at radius 3 is 2.35 bits per heavy atom. The van der Waals surface area contributed by atoms with Gasteiger partial charge in [-0.25, -0.2) is 4.99 Å². The number of nitrogens with one attached hydrogen (secondary N) is 2. The first kappa shape index (κ1) is 17.8. The summed E-state index contributed by atoms with van der Waals surface area (Å²) >= 11 is 0. The van der Waals surface area contributed by atoms with Crippen molar-refractivity contribution < 1.29 is 0 Å². The van der Waals surface area contributed by atoms with Crippen LogP contribution < -0.4 is 10.6 Å². The summed E-state index contributed by atoms with van der Waals surface area (Å²) in [4.78, 5) is 7.22. The van der Waals surface area contributed by atoms with Gasteiger partial charge in [-0.15, -0.1) is 0 Å². The van der Waals surface area contributed by atoms with Crippen molar-refractivity contribution in [3.05, 3.63) is 35.4 Å². The van der Waals surface area contributed by atoms with Crippen LogP contribution in [0.1, 0.15) is 51.2 Å². The maximum atomic E-state index is 4.65. The van der Waals surface area contributed by atoms with E-state index >= 15 is 0 Å². The van der Waals surface area contributed by atoms with Gasteiger partial charge in [0.15, 0.2) is 5.96 Å². The monoisotopic (exact) mass is 316 g/mol. The highest BCUT2D eigenvalue weighted by atomic mass is 15.2. The van der Waals surface area contributed by atoms with Gasteiger partial charge >= 0.3 is 0 Å².